The monoisotopic (exact) mass is 142 g/mol. The van der Waals surface area contributed by atoms with Gasteiger partial charge in [0.05, 0.1) is 0 Å². The molecule has 0 saturated carbocycles. The molecule has 0 amide bonds. The molecule has 0 fully saturated rings. The molecule has 1 aromatic carbocycles. The second-order valence-corrected chi connectivity index (χ2v) is 2.68. The zero-order valence-corrected chi connectivity index (χ0v) is 7.56. The van der Waals surface area contributed by atoms with Crippen molar-refractivity contribution in [2.45, 2.75) is 20.8 Å². The number of aryl methyl sites for hydroxylation is 2. The third-order valence-corrected chi connectivity index (χ3v) is 1.90. The summed E-state index contributed by atoms with van der Waals surface area (Å²) >= 11 is 0. The van der Waals surface area contributed by atoms with Crippen molar-refractivity contribution in [2.24, 2.45) is 0 Å². The first-order chi connectivity index (χ1) is 4.61. The van der Waals surface area contributed by atoms with E-state index < -0.39 is 0 Å². The molecular weight excluding hydrogens is 131 g/mol. The summed E-state index contributed by atoms with van der Waals surface area (Å²) in [7, 11) is 0. The molecule has 0 aliphatic carbocycles. The molecule has 1 nitrogen and oxygen atoms in total. The molecule has 0 unspecified atom stereocenters. The van der Waals surface area contributed by atoms with Crippen molar-refractivity contribution in [2.75, 3.05) is 0 Å². The first-order valence-corrected chi connectivity index (χ1v) is 3.36. The molecule has 0 radical (unpaired) electrons. The van der Waals surface area contributed by atoms with Gasteiger partial charge in [0.15, 0.2) is 0 Å². The SMILES string of the molecule is Cc1cc([O-])cc(C)c1C.[Li+]. The van der Waals surface area contributed by atoms with Crippen LogP contribution in [0.25, 0.3) is 0 Å². The van der Waals surface area contributed by atoms with E-state index in [-0.39, 0.29) is 24.6 Å². The van der Waals surface area contributed by atoms with Crippen LogP contribution in [0.2, 0.25) is 0 Å². The zero-order valence-electron chi connectivity index (χ0n) is 7.56. The summed E-state index contributed by atoms with van der Waals surface area (Å²) in [4.78, 5) is 0. The average molecular weight is 142 g/mol. The zero-order chi connectivity index (χ0) is 7.72. The molecule has 0 spiro atoms. The molecule has 0 saturated heterocycles. The molecule has 2 heteroatoms. The van der Waals surface area contributed by atoms with E-state index in [1.54, 1.807) is 12.1 Å². The molecule has 0 bridgehead atoms. The van der Waals surface area contributed by atoms with Gasteiger partial charge in [-0.1, -0.05) is 12.1 Å². The van der Waals surface area contributed by atoms with Crippen LogP contribution in [0.1, 0.15) is 16.7 Å². The van der Waals surface area contributed by atoms with Crippen LogP contribution in [0.5, 0.6) is 5.75 Å². The molecule has 0 heterocycles. The van der Waals surface area contributed by atoms with Gasteiger partial charge in [-0.25, -0.2) is 0 Å². The van der Waals surface area contributed by atoms with Gasteiger partial charge >= 0.3 is 18.9 Å². The van der Waals surface area contributed by atoms with E-state index in [1.807, 2.05) is 20.8 Å². The van der Waals surface area contributed by atoms with Gasteiger partial charge in [-0.15, -0.1) is 5.75 Å². The first-order valence-electron chi connectivity index (χ1n) is 3.36. The smallest absolute Gasteiger partial charge is 0.872 e. The van der Waals surface area contributed by atoms with Crippen molar-refractivity contribution in [1.29, 1.82) is 0 Å². The van der Waals surface area contributed by atoms with E-state index in [0.717, 1.165) is 11.1 Å². The topological polar surface area (TPSA) is 23.1 Å². The fraction of sp³-hybridized carbons (Fsp3) is 0.333. The van der Waals surface area contributed by atoms with Crippen LogP contribution in [0.15, 0.2) is 12.1 Å². The predicted molar refractivity (Wildman–Crippen MR) is 40.1 cm³/mol. The molecule has 0 aromatic heterocycles. The maximum Gasteiger partial charge on any atom is 1.00 e. The Labute approximate surface area is 79.6 Å². The Bertz CT molecular complexity index is 233. The predicted octanol–water partition coefficient (Wildman–Crippen LogP) is -1.31. The van der Waals surface area contributed by atoms with Gasteiger partial charge < -0.3 is 5.11 Å². The summed E-state index contributed by atoms with van der Waals surface area (Å²) in [6.07, 6.45) is 0. The van der Waals surface area contributed by atoms with Crippen LogP contribution in [0.3, 0.4) is 0 Å². The van der Waals surface area contributed by atoms with E-state index in [4.69, 9.17) is 0 Å². The second-order valence-electron chi connectivity index (χ2n) is 2.68. The summed E-state index contributed by atoms with van der Waals surface area (Å²) in [5.74, 6) is 0.112. The summed E-state index contributed by atoms with van der Waals surface area (Å²) in [6.45, 7) is 5.96. The van der Waals surface area contributed by atoms with Crippen LogP contribution >= 0.6 is 0 Å². The number of hydrogen-bond acceptors (Lipinski definition) is 1. The minimum absolute atomic E-state index is 0. The Balaban J connectivity index is 0.000001000. The van der Waals surface area contributed by atoms with Crippen molar-refractivity contribution in [3.63, 3.8) is 0 Å². The van der Waals surface area contributed by atoms with Crippen LogP contribution in [-0.4, -0.2) is 0 Å². The Hall–Kier alpha value is -0.383. The standard InChI is InChI=1S/C9H12O.Li/c1-6-4-9(10)5-7(2)8(6)3;/h4-5,10H,1-3H3;/q;+1/p-1. The van der Waals surface area contributed by atoms with Gasteiger partial charge in [0.25, 0.3) is 0 Å². The van der Waals surface area contributed by atoms with Crippen LogP contribution in [0.4, 0.5) is 0 Å². The molecule has 1 aromatic rings. The Morgan fingerprint density at radius 3 is 1.73 bits per heavy atom. The summed E-state index contributed by atoms with van der Waals surface area (Å²) in [6, 6.07) is 3.34. The number of rotatable bonds is 0. The van der Waals surface area contributed by atoms with E-state index in [2.05, 4.69) is 0 Å². The van der Waals surface area contributed by atoms with Crippen molar-refractivity contribution in [1.82, 2.24) is 0 Å². The molecular formula is C9H11LiO. The first kappa shape index (κ1) is 10.6. The number of hydrogen-bond donors (Lipinski definition) is 0. The summed E-state index contributed by atoms with van der Waals surface area (Å²) < 4.78 is 0. The van der Waals surface area contributed by atoms with Crippen molar-refractivity contribution in [3.8, 4) is 5.75 Å². The molecule has 0 aliphatic heterocycles. The third kappa shape index (κ3) is 2.29. The van der Waals surface area contributed by atoms with Gasteiger partial charge in [0.1, 0.15) is 0 Å². The molecule has 11 heavy (non-hydrogen) atoms. The normalized spacial score (nSPS) is 9.00. The van der Waals surface area contributed by atoms with Crippen LogP contribution < -0.4 is 24.0 Å². The largest absolute Gasteiger partial charge is 1.00 e. The molecule has 0 N–H and O–H groups in total. The van der Waals surface area contributed by atoms with Crippen LogP contribution in [-0.2, 0) is 0 Å². The molecule has 1 rings (SSSR count). The second kappa shape index (κ2) is 3.85. The Morgan fingerprint density at radius 1 is 1.00 bits per heavy atom. The van der Waals surface area contributed by atoms with Gasteiger partial charge in [-0.2, -0.15) is 0 Å². The van der Waals surface area contributed by atoms with Gasteiger partial charge in [0, 0.05) is 0 Å². The molecule has 54 valence electrons. The van der Waals surface area contributed by atoms with Crippen molar-refractivity contribution in [3.05, 3.63) is 28.8 Å². The quantitative estimate of drug-likeness (QED) is 0.412. The van der Waals surface area contributed by atoms with Crippen molar-refractivity contribution >= 4 is 0 Å². The Morgan fingerprint density at radius 2 is 1.36 bits per heavy atom. The average Bonchev–Trinajstić information content (AvgIpc) is 1.82. The maximum absolute atomic E-state index is 10.9. The van der Waals surface area contributed by atoms with Gasteiger partial charge in [0.2, 0.25) is 0 Å². The van der Waals surface area contributed by atoms with E-state index >= 15 is 0 Å². The summed E-state index contributed by atoms with van der Waals surface area (Å²) in [5, 5.41) is 10.9. The molecule has 0 aliphatic rings. The van der Waals surface area contributed by atoms with E-state index in [1.165, 1.54) is 5.56 Å². The van der Waals surface area contributed by atoms with E-state index in [9.17, 15) is 5.11 Å². The van der Waals surface area contributed by atoms with E-state index in [0.29, 0.717) is 0 Å². The minimum Gasteiger partial charge on any atom is -0.872 e. The minimum atomic E-state index is 0. The maximum atomic E-state index is 10.9. The van der Waals surface area contributed by atoms with Crippen molar-refractivity contribution < 1.29 is 24.0 Å². The number of benzene rings is 1. The fourth-order valence-electron chi connectivity index (χ4n) is 0.996. The third-order valence-electron chi connectivity index (χ3n) is 1.90. The molecule has 0 atom stereocenters. The summed E-state index contributed by atoms with van der Waals surface area (Å²) in [5.41, 5.74) is 3.40. The van der Waals surface area contributed by atoms with Gasteiger partial charge in [-0.3, -0.25) is 0 Å². The van der Waals surface area contributed by atoms with Gasteiger partial charge in [-0.05, 0) is 37.5 Å². The van der Waals surface area contributed by atoms with Crippen LogP contribution in [0, 0.1) is 20.8 Å². The fourth-order valence-corrected chi connectivity index (χ4v) is 0.996. The Kier molecular flexibility index (Phi) is 3.72.